The Morgan fingerprint density at radius 3 is 2.48 bits per heavy atom. The van der Waals surface area contributed by atoms with Crippen LogP contribution in [0, 0.1) is 34.5 Å². The van der Waals surface area contributed by atoms with Gasteiger partial charge in [-0.05, 0) is 92.3 Å². The van der Waals surface area contributed by atoms with Crippen LogP contribution in [0.25, 0.3) is 0 Å². The molecule has 132 valence electrons. The third-order valence-electron chi connectivity index (χ3n) is 9.39. The van der Waals surface area contributed by atoms with Gasteiger partial charge >= 0.3 is 0 Å². The van der Waals surface area contributed by atoms with Crippen molar-refractivity contribution in [3.05, 3.63) is 0 Å². The fourth-order valence-corrected chi connectivity index (χ4v) is 7.71. The smallest absolute Gasteiger partial charge is 0.0543 e. The van der Waals surface area contributed by atoms with Crippen LogP contribution in [0.1, 0.15) is 71.6 Å². The molecule has 0 amide bonds. The summed E-state index contributed by atoms with van der Waals surface area (Å²) in [7, 11) is 0. The van der Waals surface area contributed by atoms with Crippen LogP contribution in [0.15, 0.2) is 0 Å². The Hall–Kier alpha value is -0.120. The second-order valence-electron chi connectivity index (χ2n) is 9.84. The van der Waals surface area contributed by atoms with Crippen molar-refractivity contribution in [3.8, 4) is 0 Å². The lowest BCUT2D eigenvalue weighted by Crippen LogP contribution is -2.66. The molecule has 0 aromatic carbocycles. The van der Waals surface area contributed by atoms with E-state index in [0.29, 0.717) is 29.8 Å². The number of nitrogens with two attached hydrogens (primary N) is 1. The molecule has 0 aromatic heterocycles. The molecule has 0 saturated heterocycles. The van der Waals surface area contributed by atoms with Gasteiger partial charge in [0.05, 0.1) is 6.10 Å². The van der Waals surface area contributed by atoms with Crippen molar-refractivity contribution >= 4 is 0 Å². The predicted molar refractivity (Wildman–Crippen MR) is 91.7 cm³/mol. The van der Waals surface area contributed by atoms with Crippen molar-refractivity contribution in [1.29, 1.82) is 0 Å². The molecule has 3 nitrogen and oxygen atoms in total. The summed E-state index contributed by atoms with van der Waals surface area (Å²) in [6, 6.07) is 0. The standard InChI is InChI=1S/C20H35NO2/c1-18-8-6-15(23)11-13(18)3-4-17-16(18)7-9-19(2)14(12-22)5-10-20(17,19)21/h13-17,22-23H,3-12,21H2,1-2H3/t13?,14-,15+,16+,17-,18+,19-,20+/m1/s1. The van der Waals surface area contributed by atoms with Gasteiger partial charge in [-0.2, -0.15) is 0 Å². The van der Waals surface area contributed by atoms with E-state index in [1.165, 1.54) is 32.1 Å². The molecule has 3 heteroatoms. The molecule has 0 spiro atoms. The van der Waals surface area contributed by atoms with Crippen LogP contribution in [-0.4, -0.2) is 28.5 Å². The molecule has 4 rings (SSSR count). The maximum atomic E-state index is 10.1. The summed E-state index contributed by atoms with van der Waals surface area (Å²) >= 11 is 0. The lowest BCUT2D eigenvalue weighted by molar-refractivity contribution is -0.137. The number of aliphatic hydroxyl groups excluding tert-OH is 2. The maximum absolute atomic E-state index is 10.1. The number of aliphatic hydroxyl groups is 2. The highest BCUT2D eigenvalue weighted by Crippen LogP contribution is 2.68. The first-order valence-electron chi connectivity index (χ1n) is 9.93. The summed E-state index contributed by atoms with van der Waals surface area (Å²) in [5.41, 5.74) is 7.60. The molecule has 0 aromatic rings. The highest BCUT2D eigenvalue weighted by atomic mass is 16.3. The van der Waals surface area contributed by atoms with Gasteiger partial charge in [-0.3, -0.25) is 0 Å². The van der Waals surface area contributed by atoms with Crippen molar-refractivity contribution in [2.45, 2.75) is 83.3 Å². The number of hydrogen-bond acceptors (Lipinski definition) is 3. The fourth-order valence-electron chi connectivity index (χ4n) is 7.71. The van der Waals surface area contributed by atoms with Crippen LogP contribution >= 0.6 is 0 Å². The Bertz CT molecular complexity index is 482. The van der Waals surface area contributed by atoms with Gasteiger partial charge in [0.15, 0.2) is 0 Å². The van der Waals surface area contributed by atoms with E-state index in [1.54, 1.807) is 0 Å². The molecular weight excluding hydrogens is 286 g/mol. The average Bonchev–Trinajstić information content (AvgIpc) is 2.79. The van der Waals surface area contributed by atoms with Crippen LogP contribution in [0.4, 0.5) is 0 Å². The van der Waals surface area contributed by atoms with Crippen molar-refractivity contribution in [2.24, 2.45) is 40.2 Å². The summed E-state index contributed by atoms with van der Waals surface area (Å²) in [4.78, 5) is 0. The molecular formula is C20H35NO2. The molecule has 0 bridgehead atoms. The van der Waals surface area contributed by atoms with Gasteiger partial charge in [0.25, 0.3) is 0 Å². The molecule has 4 N–H and O–H groups in total. The first kappa shape index (κ1) is 16.4. The van der Waals surface area contributed by atoms with E-state index in [-0.39, 0.29) is 17.1 Å². The first-order chi connectivity index (χ1) is 10.8. The molecule has 4 aliphatic rings. The van der Waals surface area contributed by atoms with E-state index in [0.717, 1.165) is 31.6 Å². The summed E-state index contributed by atoms with van der Waals surface area (Å²) in [6.07, 6.45) is 10.2. The van der Waals surface area contributed by atoms with E-state index in [9.17, 15) is 10.2 Å². The minimum absolute atomic E-state index is 0.0735. The highest BCUT2D eigenvalue weighted by Gasteiger charge is 2.65. The van der Waals surface area contributed by atoms with Gasteiger partial charge < -0.3 is 15.9 Å². The quantitative estimate of drug-likeness (QED) is 0.695. The van der Waals surface area contributed by atoms with Crippen molar-refractivity contribution < 1.29 is 10.2 Å². The van der Waals surface area contributed by atoms with Crippen LogP contribution in [0.3, 0.4) is 0 Å². The lowest BCUT2D eigenvalue weighted by atomic mass is 9.42. The molecule has 0 aliphatic heterocycles. The third-order valence-corrected chi connectivity index (χ3v) is 9.39. The molecule has 0 radical (unpaired) electrons. The largest absolute Gasteiger partial charge is 0.396 e. The number of rotatable bonds is 1. The molecule has 4 saturated carbocycles. The van der Waals surface area contributed by atoms with Crippen LogP contribution in [-0.2, 0) is 0 Å². The van der Waals surface area contributed by atoms with E-state index < -0.39 is 0 Å². The topological polar surface area (TPSA) is 66.5 Å². The van der Waals surface area contributed by atoms with Gasteiger partial charge in [0, 0.05) is 12.1 Å². The summed E-state index contributed by atoms with van der Waals surface area (Å²) in [5, 5.41) is 20.0. The maximum Gasteiger partial charge on any atom is 0.0543 e. The second-order valence-corrected chi connectivity index (χ2v) is 9.84. The van der Waals surface area contributed by atoms with Crippen LogP contribution in [0.2, 0.25) is 0 Å². The second kappa shape index (κ2) is 5.19. The van der Waals surface area contributed by atoms with Gasteiger partial charge in [0.1, 0.15) is 0 Å². The molecule has 8 atom stereocenters. The zero-order chi connectivity index (χ0) is 16.5. The van der Waals surface area contributed by atoms with E-state index in [4.69, 9.17) is 5.73 Å². The Kier molecular flexibility index (Phi) is 3.69. The normalized spacial score (nSPS) is 59.1. The highest BCUT2D eigenvalue weighted by molar-refractivity contribution is 5.18. The Morgan fingerprint density at radius 1 is 0.957 bits per heavy atom. The van der Waals surface area contributed by atoms with Gasteiger partial charge in [-0.1, -0.05) is 13.8 Å². The van der Waals surface area contributed by atoms with E-state index in [2.05, 4.69) is 13.8 Å². The lowest BCUT2D eigenvalue weighted by Gasteiger charge is -2.64. The molecule has 4 aliphatic carbocycles. The number of hydrogen-bond donors (Lipinski definition) is 3. The van der Waals surface area contributed by atoms with E-state index >= 15 is 0 Å². The predicted octanol–water partition coefficient (Wildman–Crippen LogP) is 3.08. The molecule has 0 heterocycles. The van der Waals surface area contributed by atoms with Crippen molar-refractivity contribution in [2.75, 3.05) is 6.61 Å². The molecule has 1 unspecified atom stereocenters. The zero-order valence-electron chi connectivity index (χ0n) is 14.9. The van der Waals surface area contributed by atoms with Gasteiger partial charge in [0.2, 0.25) is 0 Å². The Balaban J connectivity index is 1.67. The molecule has 4 fully saturated rings. The summed E-state index contributed by atoms with van der Waals surface area (Å²) in [5.74, 6) is 2.43. The van der Waals surface area contributed by atoms with Crippen molar-refractivity contribution in [1.82, 2.24) is 0 Å². The van der Waals surface area contributed by atoms with Crippen LogP contribution in [0.5, 0.6) is 0 Å². The summed E-state index contributed by atoms with van der Waals surface area (Å²) < 4.78 is 0. The SMILES string of the molecule is C[C@]12CC[C@H](O)CC1CC[C@@H]1[C@@H]2CC[C@]2(C)[C@@H](CO)CC[C@]12N. The van der Waals surface area contributed by atoms with E-state index in [1.807, 2.05) is 0 Å². The fraction of sp³-hybridized carbons (Fsp3) is 1.00. The van der Waals surface area contributed by atoms with Gasteiger partial charge in [-0.25, -0.2) is 0 Å². The average molecular weight is 322 g/mol. The summed E-state index contributed by atoms with van der Waals surface area (Å²) in [6.45, 7) is 5.18. The zero-order valence-corrected chi connectivity index (χ0v) is 14.9. The monoisotopic (exact) mass is 321 g/mol. The Labute approximate surface area is 141 Å². The van der Waals surface area contributed by atoms with Crippen molar-refractivity contribution in [3.63, 3.8) is 0 Å². The first-order valence-corrected chi connectivity index (χ1v) is 9.93. The van der Waals surface area contributed by atoms with Gasteiger partial charge in [-0.15, -0.1) is 0 Å². The molecule has 23 heavy (non-hydrogen) atoms. The number of fused-ring (bicyclic) bond motifs is 5. The van der Waals surface area contributed by atoms with Crippen LogP contribution < -0.4 is 5.73 Å². The third kappa shape index (κ3) is 1.99. The minimum Gasteiger partial charge on any atom is -0.396 e. The minimum atomic E-state index is -0.0760. The Morgan fingerprint density at radius 2 is 1.74 bits per heavy atom.